The number of amides is 1. The van der Waals surface area contributed by atoms with Crippen molar-refractivity contribution in [3.63, 3.8) is 0 Å². The van der Waals surface area contributed by atoms with Gasteiger partial charge in [-0.1, -0.05) is 38.8 Å². The quantitative estimate of drug-likeness (QED) is 0.758. The molecule has 1 unspecified atom stereocenters. The molecule has 1 heterocycles. The molecule has 4 nitrogen and oxygen atoms in total. The molecule has 1 fully saturated rings. The lowest BCUT2D eigenvalue weighted by Gasteiger charge is -2.26. The van der Waals surface area contributed by atoms with Crippen molar-refractivity contribution in [1.82, 2.24) is 9.80 Å². The second-order valence-corrected chi connectivity index (χ2v) is 7.01. The predicted molar refractivity (Wildman–Crippen MR) is 101 cm³/mol. The molecule has 136 valence electrons. The third kappa shape index (κ3) is 5.86. The molecule has 1 aliphatic heterocycles. The van der Waals surface area contributed by atoms with Gasteiger partial charge in [-0.25, -0.2) is 0 Å². The van der Waals surface area contributed by atoms with E-state index in [1.54, 1.807) is 0 Å². The topological polar surface area (TPSA) is 47.3 Å². The maximum atomic E-state index is 12.8. The zero-order valence-electron chi connectivity index (χ0n) is 15.7. The van der Waals surface area contributed by atoms with E-state index in [0.29, 0.717) is 11.5 Å². The summed E-state index contributed by atoms with van der Waals surface area (Å²) in [6.45, 7) is 8.87. The number of carbonyl (C=O) groups is 1. The Bertz CT molecular complexity index is 576. The lowest BCUT2D eigenvalue weighted by atomic mass is 9.97. The molecule has 1 atom stereocenters. The SMILES string of the molecule is CCCCC(CC)C(=O)N1CCCN(Cc2ccc(C#N)cc2)CC1. The minimum absolute atomic E-state index is 0.199. The van der Waals surface area contributed by atoms with Crippen LogP contribution >= 0.6 is 0 Å². The number of carbonyl (C=O) groups excluding carboxylic acids is 1. The van der Waals surface area contributed by atoms with Crippen molar-refractivity contribution in [2.75, 3.05) is 26.2 Å². The number of nitrogens with zero attached hydrogens (tertiary/aromatic N) is 3. The van der Waals surface area contributed by atoms with E-state index in [2.05, 4.69) is 29.7 Å². The number of hydrogen-bond donors (Lipinski definition) is 0. The second kappa shape index (κ2) is 10.2. The Labute approximate surface area is 152 Å². The van der Waals surface area contributed by atoms with Crippen molar-refractivity contribution in [2.24, 2.45) is 5.92 Å². The minimum Gasteiger partial charge on any atom is -0.341 e. The molecule has 0 N–H and O–H groups in total. The van der Waals surface area contributed by atoms with Crippen LogP contribution in [-0.4, -0.2) is 41.9 Å². The van der Waals surface area contributed by atoms with Crippen LogP contribution in [0.25, 0.3) is 0 Å². The van der Waals surface area contributed by atoms with Crippen molar-refractivity contribution in [1.29, 1.82) is 5.26 Å². The lowest BCUT2D eigenvalue weighted by Crippen LogP contribution is -2.38. The number of rotatable bonds is 7. The molecule has 2 rings (SSSR count). The van der Waals surface area contributed by atoms with Gasteiger partial charge in [0.25, 0.3) is 0 Å². The van der Waals surface area contributed by atoms with Gasteiger partial charge < -0.3 is 4.90 Å². The average molecular weight is 341 g/mol. The highest BCUT2D eigenvalue weighted by molar-refractivity contribution is 5.78. The van der Waals surface area contributed by atoms with Gasteiger partial charge in [-0.15, -0.1) is 0 Å². The van der Waals surface area contributed by atoms with Gasteiger partial charge in [0.05, 0.1) is 11.6 Å². The summed E-state index contributed by atoms with van der Waals surface area (Å²) in [5.74, 6) is 0.557. The van der Waals surface area contributed by atoms with Crippen LogP contribution in [0.5, 0.6) is 0 Å². The first-order valence-electron chi connectivity index (χ1n) is 9.68. The molecule has 0 radical (unpaired) electrons. The molecule has 25 heavy (non-hydrogen) atoms. The van der Waals surface area contributed by atoms with Gasteiger partial charge in [0.15, 0.2) is 0 Å². The van der Waals surface area contributed by atoms with Crippen LogP contribution in [0.15, 0.2) is 24.3 Å². The van der Waals surface area contributed by atoms with Crippen molar-refractivity contribution in [2.45, 2.75) is 52.5 Å². The highest BCUT2D eigenvalue weighted by Gasteiger charge is 2.24. The summed E-state index contributed by atoms with van der Waals surface area (Å²) in [5.41, 5.74) is 1.93. The predicted octanol–water partition coefficient (Wildman–Crippen LogP) is 3.81. The number of hydrogen-bond acceptors (Lipinski definition) is 3. The lowest BCUT2D eigenvalue weighted by molar-refractivity contribution is -0.135. The molecule has 1 aromatic rings. The van der Waals surface area contributed by atoms with Crippen LogP contribution in [0, 0.1) is 17.2 Å². The van der Waals surface area contributed by atoms with Gasteiger partial charge in [0.1, 0.15) is 0 Å². The van der Waals surface area contributed by atoms with Gasteiger partial charge in [-0.05, 0) is 37.0 Å². The molecule has 1 aromatic carbocycles. The Morgan fingerprint density at radius 2 is 1.92 bits per heavy atom. The van der Waals surface area contributed by atoms with E-state index >= 15 is 0 Å². The molecule has 1 saturated heterocycles. The first-order valence-corrected chi connectivity index (χ1v) is 9.68. The van der Waals surface area contributed by atoms with Crippen molar-refractivity contribution >= 4 is 5.91 Å². The van der Waals surface area contributed by atoms with E-state index in [1.807, 2.05) is 24.3 Å². The van der Waals surface area contributed by atoms with Gasteiger partial charge >= 0.3 is 0 Å². The van der Waals surface area contributed by atoms with Gasteiger partial charge in [-0.2, -0.15) is 5.26 Å². The maximum absolute atomic E-state index is 12.8. The maximum Gasteiger partial charge on any atom is 0.225 e. The minimum atomic E-state index is 0.199. The van der Waals surface area contributed by atoms with E-state index in [0.717, 1.165) is 64.8 Å². The van der Waals surface area contributed by atoms with E-state index in [4.69, 9.17) is 5.26 Å². The molecule has 1 amide bonds. The van der Waals surface area contributed by atoms with Crippen LogP contribution < -0.4 is 0 Å². The largest absolute Gasteiger partial charge is 0.341 e. The zero-order chi connectivity index (χ0) is 18.1. The molecule has 0 aromatic heterocycles. The standard InChI is InChI=1S/C21H31N3O/c1-3-5-7-20(4-2)21(25)24-13-6-12-23(14-15-24)17-19-10-8-18(16-22)9-11-19/h8-11,20H,3-7,12-15,17H2,1-2H3. The van der Waals surface area contributed by atoms with E-state index in [9.17, 15) is 4.79 Å². The van der Waals surface area contributed by atoms with Gasteiger partial charge in [0, 0.05) is 38.6 Å². The van der Waals surface area contributed by atoms with Gasteiger partial charge in [-0.3, -0.25) is 9.69 Å². The van der Waals surface area contributed by atoms with Crippen LogP contribution in [0.4, 0.5) is 0 Å². The van der Waals surface area contributed by atoms with E-state index < -0.39 is 0 Å². The molecule has 0 saturated carbocycles. The van der Waals surface area contributed by atoms with Crippen LogP contribution in [-0.2, 0) is 11.3 Å². The van der Waals surface area contributed by atoms with Crippen molar-refractivity contribution < 1.29 is 4.79 Å². The molecular weight excluding hydrogens is 310 g/mol. The fraction of sp³-hybridized carbons (Fsp3) is 0.619. The number of nitriles is 1. The summed E-state index contributed by atoms with van der Waals surface area (Å²) in [6.07, 6.45) is 5.30. The molecule has 4 heteroatoms. The molecular formula is C21H31N3O. The van der Waals surface area contributed by atoms with Gasteiger partial charge in [0.2, 0.25) is 5.91 Å². The smallest absolute Gasteiger partial charge is 0.225 e. The Morgan fingerprint density at radius 1 is 1.16 bits per heavy atom. The van der Waals surface area contributed by atoms with Crippen molar-refractivity contribution in [3.8, 4) is 6.07 Å². The molecule has 1 aliphatic rings. The Morgan fingerprint density at radius 3 is 2.56 bits per heavy atom. The summed E-state index contributed by atoms with van der Waals surface area (Å²) in [4.78, 5) is 17.3. The zero-order valence-corrected chi connectivity index (χ0v) is 15.7. The Balaban J connectivity index is 1.88. The van der Waals surface area contributed by atoms with Crippen LogP contribution in [0.2, 0.25) is 0 Å². The summed E-state index contributed by atoms with van der Waals surface area (Å²) in [5, 5.41) is 8.89. The molecule has 0 aliphatic carbocycles. The first kappa shape index (κ1) is 19.5. The van der Waals surface area contributed by atoms with Crippen LogP contribution in [0.1, 0.15) is 57.1 Å². The first-order chi connectivity index (χ1) is 12.2. The molecule has 0 spiro atoms. The highest BCUT2D eigenvalue weighted by Crippen LogP contribution is 2.18. The summed E-state index contributed by atoms with van der Waals surface area (Å²) in [7, 11) is 0. The summed E-state index contributed by atoms with van der Waals surface area (Å²) < 4.78 is 0. The van der Waals surface area contributed by atoms with Crippen LogP contribution in [0.3, 0.4) is 0 Å². The van der Waals surface area contributed by atoms with Crippen molar-refractivity contribution in [3.05, 3.63) is 35.4 Å². The fourth-order valence-electron chi connectivity index (χ4n) is 3.50. The highest BCUT2D eigenvalue weighted by atomic mass is 16.2. The molecule has 0 bridgehead atoms. The number of unbranched alkanes of at least 4 members (excludes halogenated alkanes) is 1. The second-order valence-electron chi connectivity index (χ2n) is 7.01. The average Bonchev–Trinajstić information content (AvgIpc) is 2.88. The summed E-state index contributed by atoms with van der Waals surface area (Å²) in [6, 6.07) is 9.98. The monoisotopic (exact) mass is 341 g/mol. The normalized spacial score (nSPS) is 16.9. The Kier molecular flexibility index (Phi) is 7.94. The fourth-order valence-corrected chi connectivity index (χ4v) is 3.50. The number of benzene rings is 1. The van der Waals surface area contributed by atoms with E-state index in [-0.39, 0.29) is 5.92 Å². The van der Waals surface area contributed by atoms with E-state index in [1.165, 1.54) is 5.56 Å². The third-order valence-electron chi connectivity index (χ3n) is 5.14. The third-order valence-corrected chi connectivity index (χ3v) is 5.14. The Hall–Kier alpha value is -1.86. The summed E-state index contributed by atoms with van der Waals surface area (Å²) >= 11 is 0.